The molecule has 0 aromatic rings. The zero-order valence-corrected chi connectivity index (χ0v) is 14.9. The summed E-state index contributed by atoms with van der Waals surface area (Å²) in [4.78, 5) is 16.6. The Morgan fingerprint density at radius 2 is 1.64 bits per heavy atom. The second-order valence-corrected chi connectivity index (χ2v) is 7.83. The van der Waals surface area contributed by atoms with Crippen molar-refractivity contribution in [3.8, 4) is 0 Å². The Balaban J connectivity index is 1.94. The summed E-state index contributed by atoms with van der Waals surface area (Å²) in [5.74, 6) is 0.601. The fraction of sp³-hybridized carbons (Fsp3) is 0.941. The first-order valence-electron chi connectivity index (χ1n) is 8.55. The third-order valence-electron chi connectivity index (χ3n) is 4.99. The monoisotopic (exact) mass is 312 g/mol. The molecule has 0 saturated carbocycles. The number of rotatable bonds is 2. The maximum Gasteiger partial charge on any atom is 0.410 e. The molecule has 2 aliphatic heterocycles. The van der Waals surface area contributed by atoms with Crippen molar-refractivity contribution in [3.05, 3.63) is 0 Å². The molecule has 2 saturated heterocycles. The van der Waals surface area contributed by atoms with Gasteiger partial charge in [-0.05, 0) is 39.5 Å². The normalized spacial score (nSPS) is 23.6. The molecule has 5 nitrogen and oxygen atoms in total. The van der Waals surface area contributed by atoms with E-state index in [0.717, 1.165) is 52.2 Å². The van der Waals surface area contributed by atoms with Gasteiger partial charge in [0.2, 0.25) is 0 Å². The van der Waals surface area contributed by atoms with E-state index >= 15 is 0 Å². The highest BCUT2D eigenvalue weighted by Crippen LogP contribution is 2.35. The Kier molecular flexibility index (Phi) is 5.38. The van der Waals surface area contributed by atoms with Crippen molar-refractivity contribution in [3.63, 3.8) is 0 Å². The fourth-order valence-corrected chi connectivity index (χ4v) is 3.64. The number of carbonyl (C=O) groups is 1. The van der Waals surface area contributed by atoms with Crippen LogP contribution in [0.15, 0.2) is 0 Å². The van der Waals surface area contributed by atoms with E-state index in [0.29, 0.717) is 5.92 Å². The number of carbonyl (C=O) groups excluding carboxylic acids is 1. The Morgan fingerprint density at radius 1 is 1.09 bits per heavy atom. The van der Waals surface area contributed by atoms with Gasteiger partial charge in [-0.1, -0.05) is 13.8 Å². The maximum atomic E-state index is 12.2. The van der Waals surface area contributed by atoms with Gasteiger partial charge >= 0.3 is 6.09 Å². The minimum Gasteiger partial charge on any atom is -0.444 e. The molecule has 2 rings (SSSR count). The lowest BCUT2D eigenvalue weighted by Gasteiger charge is -2.52. The van der Waals surface area contributed by atoms with Crippen molar-refractivity contribution in [2.24, 2.45) is 5.92 Å². The quantitative estimate of drug-likeness (QED) is 0.786. The van der Waals surface area contributed by atoms with Crippen molar-refractivity contribution in [1.29, 1.82) is 0 Å². The van der Waals surface area contributed by atoms with Crippen LogP contribution in [0.1, 0.15) is 47.5 Å². The molecule has 0 N–H and O–H groups in total. The molecule has 0 radical (unpaired) electrons. The van der Waals surface area contributed by atoms with Crippen LogP contribution in [0.3, 0.4) is 0 Å². The van der Waals surface area contributed by atoms with Crippen molar-refractivity contribution >= 4 is 6.09 Å². The molecular formula is C17H32N2O3. The van der Waals surface area contributed by atoms with Crippen LogP contribution in [0.2, 0.25) is 0 Å². The van der Waals surface area contributed by atoms with Gasteiger partial charge in [-0.2, -0.15) is 0 Å². The highest BCUT2D eigenvalue weighted by molar-refractivity contribution is 5.68. The smallest absolute Gasteiger partial charge is 0.410 e. The average molecular weight is 312 g/mol. The summed E-state index contributed by atoms with van der Waals surface area (Å²) in [5.41, 5.74) is -0.188. The van der Waals surface area contributed by atoms with Gasteiger partial charge in [0.15, 0.2) is 0 Å². The minimum atomic E-state index is -0.423. The molecule has 0 spiro atoms. The third-order valence-corrected chi connectivity index (χ3v) is 4.99. The van der Waals surface area contributed by atoms with Crippen LogP contribution >= 0.6 is 0 Å². The molecule has 0 unspecified atom stereocenters. The van der Waals surface area contributed by atoms with Gasteiger partial charge in [0.25, 0.3) is 0 Å². The minimum absolute atomic E-state index is 0.183. The number of amides is 1. The van der Waals surface area contributed by atoms with Crippen LogP contribution < -0.4 is 0 Å². The van der Waals surface area contributed by atoms with Crippen molar-refractivity contribution in [2.45, 2.75) is 58.6 Å². The SMILES string of the molecule is CC(C)C1(N2CCN(C(=O)OC(C)(C)C)CC2)CCOCC1. The molecule has 0 bridgehead atoms. The molecule has 0 atom stereocenters. The number of piperazine rings is 1. The van der Waals surface area contributed by atoms with Gasteiger partial charge in [0, 0.05) is 44.9 Å². The molecule has 0 aromatic heterocycles. The lowest BCUT2D eigenvalue weighted by molar-refractivity contribution is -0.0717. The van der Waals surface area contributed by atoms with Crippen LogP contribution in [0.5, 0.6) is 0 Å². The van der Waals surface area contributed by atoms with E-state index in [-0.39, 0.29) is 11.6 Å². The predicted molar refractivity (Wildman–Crippen MR) is 87.0 cm³/mol. The molecule has 128 valence electrons. The van der Waals surface area contributed by atoms with E-state index < -0.39 is 5.60 Å². The zero-order valence-electron chi connectivity index (χ0n) is 14.9. The molecular weight excluding hydrogens is 280 g/mol. The molecule has 2 heterocycles. The summed E-state index contributed by atoms with van der Waals surface area (Å²) >= 11 is 0. The van der Waals surface area contributed by atoms with Gasteiger partial charge in [-0.15, -0.1) is 0 Å². The van der Waals surface area contributed by atoms with Gasteiger partial charge in [0.1, 0.15) is 5.60 Å². The molecule has 0 aliphatic carbocycles. The van der Waals surface area contributed by atoms with Gasteiger partial charge < -0.3 is 14.4 Å². The summed E-state index contributed by atoms with van der Waals surface area (Å²) in [5, 5.41) is 0. The van der Waals surface area contributed by atoms with Crippen LogP contribution in [0.25, 0.3) is 0 Å². The predicted octanol–water partition coefficient (Wildman–Crippen LogP) is 2.74. The summed E-state index contributed by atoms with van der Waals surface area (Å²) in [6.45, 7) is 15.4. The van der Waals surface area contributed by atoms with Crippen molar-refractivity contribution < 1.29 is 14.3 Å². The summed E-state index contributed by atoms with van der Waals surface area (Å²) < 4.78 is 11.0. The van der Waals surface area contributed by atoms with Crippen LogP contribution in [-0.2, 0) is 9.47 Å². The molecule has 5 heteroatoms. The number of nitrogens with zero attached hydrogens (tertiary/aromatic N) is 2. The first kappa shape index (κ1) is 17.5. The Labute approximate surface area is 134 Å². The molecule has 2 fully saturated rings. The van der Waals surface area contributed by atoms with Crippen LogP contribution in [0, 0.1) is 5.92 Å². The van der Waals surface area contributed by atoms with Gasteiger partial charge in [-0.25, -0.2) is 4.79 Å². The molecule has 0 aromatic carbocycles. The first-order chi connectivity index (χ1) is 10.2. The Hall–Kier alpha value is -0.810. The van der Waals surface area contributed by atoms with E-state index in [2.05, 4.69) is 18.7 Å². The average Bonchev–Trinajstić information content (AvgIpc) is 2.46. The number of ether oxygens (including phenoxy) is 2. The second kappa shape index (κ2) is 6.75. The van der Waals surface area contributed by atoms with E-state index in [9.17, 15) is 4.79 Å². The fourth-order valence-electron chi connectivity index (χ4n) is 3.64. The third kappa shape index (κ3) is 3.93. The van der Waals surface area contributed by atoms with Crippen LogP contribution in [0.4, 0.5) is 4.79 Å². The summed E-state index contributed by atoms with van der Waals surface area (Å²) in [6, 6.07) is 0. The van der Waals surface area contributed by atoms with E-state index in [4.69, 9.17) is 9.47 Å². The second-order valence-electron chi connectivity index (χ2n) is 7.83. The van der Waals surface area contributed by atoms with Crippen molar-refractivity contribution in [1.82, 2.24) is 9.80 Å². The molecule has 22 heavy (non-hydrogen) atoms. The zero-order chi connectivity index (χ0) is 16.4. The maximum absolute atomic E-state index is 12.2. The number of hydrogen-bond acceptors (Lipinski definition) is 4. The van der Waals surface area contributed by atoms with E-state index in [1.807, 2.05) is 25.7 Å². The topological polar surface area (TPSA) is 42.0 Å². The summed E-state index contributed by atoms with van der Waals surface area (Å²) in [6.07, 6.45) is 2.01. The van der Waals surface area contributed by atoms with E-state index in [1.54, 1.807) is 0 Å². The van der Waals surface area contributed by atoms with Crippen LogP contribution in [-0.4, -0.2) is 66.4 Å². The highest BCUT2D eigenvalue weighted by Gasteiger charge is 2.42. The first-order valence-corrected chi connectivity index (χ1v) is 8.55. The standard InChI is InChI=1S/C17H32N2O3/c1-14(2)17(6-12-21-13-7-17)19-10-8-18(9-11-19)15(20)22-16(3,4)5/h14H,6-13H2,1-5H3. The molecule has 1 amide bonds. The Bertz CT molecular complexity index is 376. The van der Waals surface area contributed by atoms with Gasteiger partial charge in [-0.3, -0.25) is 4.90 Å². The summed E-state index contributed by atoms with van der Waals surface area (Å²) in [7, 11) is 0. The highest BCUT2D eigenvalue weighted by atomic mass is 16.6. The van der Waals surface area contributed by atoms with Gasteiger partial charge in [0.05, 0.1) is 0 Å². The molecule has 2 aliphatic rings. The Morgan fingerprint density at radius 3 is 2.09 bits per heavy atom. The lowest BCUT2D eigenvalue weighted by Crippen LogP contribution is -2.62. The van der Waals surface area contributed by atoms with E-state index in [1.165, 1.54) is 0 Å². The van der Waals surface area contributed by atoms with Crippen molar-refractivity contribution in [2.75, 3.05) is 39.4 Å². The number of hydrogen-bond donors (Lipinski definition) is 0. The lowest BCUT2D eigenvalue weighted by atomic mass is 9.77. The largest absolute Gasteiger partial charge is 0.444 e.